The molecule has 3 aromatic rings. The number of carbonyl (C=O) groups is 1. The molecular weight excluding hydrogens is 389 g/mol. The maximum atomic E-state index is 12.6. The van der Waals surface area contributed by atoms with E-state index in [-0.39, 0.29) is 5.69 Å². The predicted molar refractivity (Wildman–Crippen MR) is 101 cm³/mol. The third kappa shape index (κ3) is 5.75. The van der Waals surface area contributed by atoms with E-state index in [0.29, 0.717) is 11.3 Å². The Morgan fingerprint density at radius 3 is 2.54 bits per heavy atom. The van der Waals surface area contributed by atoms with E-state index in [0.717, 1.165) is 16.5 Å². The molecule has 28 heavy (non-hydrogen) atoms. The van der Waals surface area contributed by atoms with E-state index >= 15 is 0 Å². The Balaban J connectivity index is 1.72. The van der Waals surface area contributed by atoms with Crippen molar-refractivity contribution in [3.05, 3.63) is 84.2 Å². The van der Waals surface area contributed by atoms with Crippen molar-refractivity contribution in [2.45, 2.75) is 17.0 Å². The number of alkyl halides is 3. The van der Waals surface area contributed by atoms with Crippen molar-refractivity contribution in [2.24, 2.45) is 0 Å². The molecule has 1 heterocycles. The molecule has 3 rings (SSSR count). The molecule has 0 aliphatic heterocycles. The van der Waals surface area contributed by atoms with Crippen LogP contribution in [0.1, 0.15) is 15.9 Å². The second-order valence-electron chi connectivity index (χ2n) is 5.67. The van der Waals surface area contributed by atoms with Crippen molar-refractivity contribution < 1.29 is 22.7 Å². The van der Waals surface area contributed by atoms with Crippen LogP contribution >= 0.6 is 11.8 Å². The van der Waals surface area contributed by atoms with Gasteiger partial charge in [0, 0.05) is 34.8 Å². The maximum absolute atomic E-state index is 12.6. The third-order valence-corrected chi connectivity index (χ3v) is 4.75. The van der Waals surface area contributed by atoms with E-state index in [2.05, 4.69) is 15.0 Å². The van der Waals surface area contributed by atoms with Crippen LogP contribution in [-0.2, 0) is 5.75 Å². The van der Waals surface area contributed by atoms with Gasteiger partial charge in [-0.1, -0.05) is 18.2 Å². The monoisotopic (exact) mass is 404 g/mol. The van der Waals surface area contributed by atoms with Crippen LogP contribution < -0.4 is 10.1 Å². The Morgan fingerprint density at radius 1 is 1.04 bits per heavy atom. The molecule has 1 aromatic heterocycles. The van der Waals surface area contributed by atoms with Crippen molar-refractivity contribution >= 4 is 23.4 Å². The number of ether oxygens (including phenoxy) is 1. The number of anilines is 1. The zero-order valence-corrected chi connectivity index (χ0v) is 15.3. The van der Waals surface area contributed by atoms with Crippen LogP contribution in [-0.4, -0.2) is 17.3 Å². The number of thioether (sulfide) groups is 1. The first-order valence-electron chi connectivity index (χ1n) is 8.18. The van der Waals surface area contributed by atoms with Gasteiger partial charge in [0.2, 0.25) is 0 Å². The number of carbonyl (C=O) groups excluding carboxylic acids is 1. The molecule has 0 fully saturated rings. The molecule has 0 saturated carbocycles. The highest BCUT2D eigenvalue weighted by Gasteiger charge is 2.31. The van der Waals surface area contributed by atoms with E-state index in [9.17, 15) is 18.0 Å². The molecule has 0 atom stereocenters. The number of benzene rings is 2. The Hall–Kier alpha value is -3.00. The summed E-state index contributed by atoms with van der Waals surface area (Å²) in [6, 6.07) is 16.0. The second-order valence-corrected chi connectivity index (χ2v) is 6.69. The molecule has 0 spiro atoms. The minimum atomic E-state index is -4.79. The molecule has 0 bridgehead atoms. The van der Waals surface area contributed by atoms with Gasteiger partial charge in [-0.05, 0) is 42.0 Å². The molecule has 1 amide bonds. The second kappa shape index (κ2) is 8.79. The van der Waals surface area contributed by atoms with Gasteiger partial charge in [-0.25, -0.2) is 0 Å². The average molecular weight is 404 g/mol. The zero-order valence-electron chi connectivity index (χ0n) is 14.4. The zero-order chi connectivity index (χ0) is 20.0. The Kier molecular flexibility index (Phi) is 6.20. The van der Waals surface area contributed by atoms with E-state index < -0.39 is 18.0 Å². The SMILES string of the molecule is O=C(Nc1cccc(OC(F)(F)F)c1)c1ccccc1SCc1ccncc1. The summed E-state index contributed by atoms with van der Waals surface area (Å²) in [5.74, 6) is -0.158. The number of aromatic nitrogens is 1. The summed E-state index contributed by atoms with van der Waals surface area (Å²) in [6.07, 6.45) is -1.39. The number of nitrogens with zero attached hydrogens (tertiary/aromatic N) is 1. The average Bonchev–Trinajstić information content (AvgIpc) is 2.66. The van der Waals surface area contributed by atoms with Crippen LogP contribution in [0.2, 0.25) is 0 Å². The van der Waals surface area contributed by atoms with Crippen molar-refractivity contribution in [3.8, 4) is 5.75 Å². The highest BCUT2D eigenvalue weighted by molar-refractivity contribution is 7.98. The van der Waals surface area contributed by atoms with Gasteiger partial charge >= 0.3 is 6.36 Å². The molecule has 144 valence electrons. The number of amides is 1. The van der Waals surface area contributed by atoms with Crippen molar-refractivity contribution in [1.82, 2.24) is 4.98 Å². The minimum absolute atomic E-state index is 0.209. The Morgan fingerprint density at radius 2 is 1.79 bits per heavy atom. The van der Waals surface area contributed by atoms with Crippen LogP contribution in [0.25, 0.3) is 0 Å². The van der Waals surface area contributed by atoms with Gasteiger partial charge < -0.3 is 10.1 Å². The lowest BCUT2D eigenvalue weighted by molar-refractivity contribution is -0.274. The molecule has 0 aliphatic rings. The molecule has 0 unspecified atom stereocenters. The summed E-state index contributed by atoms with van der Waals surface area (Å²) in [5.41, 5.74) is 1.71. The fourth-order valence-electron chi connectivity index (χ4n) is 2.39. The van der Waals surface area contributed by atoms with Gasteiger partial charge in [-0.3, -0.25) is 9.78 Å². The molecule has 8 heteroatoms. The first-order chi connectivity index (χ1) is 13.4. The quantitative estimate of drug-likeness (QED) is 0.549. The first-order valence-corrected chi connectivity index (χ1v) is 9.17. The molecule has 1 N–H and O–H groups in total. The normalized spacial score (nSPS) is 11.1. The van der Waals surface area contributed by atoms with Crippen LogP contribution in [0.3, 0.4) is 0 Å². The lowest BCUT2D eigenvalue weighted by Crippen LogP contribution is -2.17. The van der Waals surface area contributed by atoms with Gasteiger partial charge in [0.15, 0.2) is 0 Å². The number of hydrogen-bond acceptors (Lipinski definition) is 4. The third-order valence-electron chi connectivity index (χ3n) is 3.60. The van der Waals surface area contributed by atoms with E-state index in [1.54, 1.807) is 24.5 Å². The van der Waals surface area contributed by atoms with E-state index in [4.69, 9.17) is 0 Å². The lowest BCUT2D eigenvalue weighted by atomic mass is 10.2. The predicted octanol–water partition coefficient (Wildman–Crippen LogP) is 5.52. The number of rotatable bonds is 6. The van der Waals surface area contributed by atoms with E-state index in [1.165, 1.54) is 30.0 Å². The van der Waals surface area contributed by atoms with Gasteiger partial charge in [0.25, 0.3) is 5.91 Å². The molecule has 4 nitrogen and oxygen atoms in total. The standard InChI is InChI=1S/C20H15F3N2O2S/c21-20(22,23)27-16-5-3-4-15(12-16)25-19(26)17-6-1-2-7-18(17)28-13-14-8-10-24-11-9-14/h1-12H,13H2,(H,25,26). The van der Waals surface area contributed by atoms with Crippen molar-refractivity contribution in [3.63, 3.8) is 0 Å². The molecule has 0 aliphatic carbocycles. The molecule has 2 aromatic carbocycles. The van der Waals surface area contributed by atoms with Gasteiger partial charge in [-0.2, -0.15) is 0 Å². The Labute approximate surface area is 163 Å². The van der Waals surface area contributed by atoms with Gasteiger partial charge in [-0.15, -0.1) is 24.9 Å². The maximum Gasteiger partial charge on any atom is 0.573 e. The van der Waals surface area contributed by atoms with Crippen LogP contribution in [0.5, 0.6) is 5.75 Å². The number of nitrogens with one attached hydrogen (secondary N) is 1. The van der Waals surface area contributed by atoms with Gasteiger partial charge in [0.1, 0.15) is 5.75 Å². The first kappa shape index (κ1) is 19.8. The summed E-state index contributed by atoms with van der Waals surface area (Å²) in [5, 5.41) is 2.61. The largest absolute Gasteiger partial charge is 0.573 e. The highest BCUT2D eigenvalue weighted by atomic mass is 32.2. The smallest absolute Gasteiger partial charge is 0.406 e. The Bertz CT molecular complexity index is 949. The molecule has 0 radical (unpaired) electrons. The van der Waals surface area contributed by atoms with Crippen molar-refractivity contribution in [1.29, 1.82) is 0 Å². The highest BCUT2D eigenvalue weighted by Crippen LogP contribution is 2.28. The fourth-order valence-corrected chi connectivity index (χ4v) is 3.40. The molecular formula is C20H15F3N2O2S. The summed E-state index contributed by atoms with van der Waals surface area (Å²) >= 11 is 1.49. The van der Waals surface area contributed by atoms with Crippen LogP contribution in [0.15, 0.2) is 78.0 Å². The molecule has 0 saturated heterocycles. The summed E-state index contributed by atoms with van der Waals surface area (Å²) in [6.45, 7) is 0. The topological polar surface area (TPSA) is 51.2 Å². The summed E-state index contributed by atoms with van der Waals surface area (Å²) in [7, 11) is 0. The lowest BCUT2D eigenvalue weighted by Gasteiger charge is -2.12. The van der Waals surface area contributed by atoms with Gasteiger partial charge in [0.05, 0.1) is 5.56 Å². The number of hydrogen-bond donors (Lipinski definition) is 1. The summed E-state index contributed by atoms with van der Waals surface area (Å²) < 4.78 is 41.0. The number of pyridine rings is 1. The number of halogens is 3. The van der Waals surface area contributed by atoms with E-state index in [1.807, 2.05) is 24.3 Å². The van der Waals surface area contributed by atoms with Crippen LogP contribution in [0, 0.1) is 0 Å². The minimum Gasteiger partial charge on any atom is -0.406 e. The summed E-state index contributed by atoms with van der Waals surface area (Å²) in [4.78, 5) is 17.4. The van der Waals surface area contributed by atoms with Crippen LogP contribution in [0.4, 0.5) is 18.9 Å². The fraction of sp³-hybridized carbons (Fsp3) is 0.100. The van der Waals surface area contributed by atoms with Crippen molar-refractivity contribution in [2.75, 3.05) is 5.32 Å².